The molecule has 0 bridgehead atoms. The van der Waals surface area contributed by atoms with Gasteiger partial charge in [0.1, 0.15) is 0 Å². The van der Waals surface area contributed by atoms with Gasteiger partial charge in [-0.15, -0.1) is 0 Å². The van der Waals surface area contributed by atoms with Crippen LogP contribution in [0.1, 0.15) is 122 Å². The Morgan fingerprint density at radius 1 is 0.837 bits per heavy atom. The third-order valence-corrected chi connectivity index (χ3v) is 15.8. The minimum absolute atomic E-state index is 0.0475. The van der Waals surface area contributed by atoms with Crippen molar-refractivity contribution in [3.63, 3.8) is 0 Å². The van der Waals surface area contributed by atoms with Gasteiger partial charge in [-0.05, 0) is 139 Å². The Hall–Kier alpha value is -2.44. The van der Waals surface area contributed by atoms with Crippen molar-refractivity contribution in [3.05, 3.63) is 53.6 Å². The van der Waals surface area contributed by atoms with Gasteiger partial charge < -0.3 is 20.1 Å². The van der Waals surface area contributed by atoms with E-state index in [1.165, 1.54) is 82.3 Å². The van der Waals surface area contributed by atoms with Crippen molar-refractivity contribution in [3.8, 4) is 0 Å². The van der Waals surface area contributed by atoms with Gasteiger partial charge in [0.15, 0.2) is 0 Å². The molecule has 1 aromatic carbocycles. The van der Waals surface area contributed by atoms with Gasteiger partial charge in [0.25, 0.3) is 0 Å². The molecule has 270 valence electrons. The molecule has 1 aromatic rings. The number of hydrogen-bond donors (Lipinski definition) is 2. The van der Waals surface area contributed by atoms with Crippen LogP contribution in [0.3, 0.4) is 0 Å². The number of fused-ring (bicyclic) bond motifs is 7. The Balaban J connectivity index is 1.24. The van der Waals surface area contributed by atoms with E-state index in [2.05, 4.69) is 77.0 Å². The third-order valence-electron chi connectivity index (χ3n) is 15.8. The van der Waals surface area contributed by atoms with Crippen molar-refractivity contribution in [2.75, 3.05) is 33.9 Å². The number of rotatable bonds is 10. The standard InChI is InChI=1S/C43H64N2O4/c1-28(2)31-16-22-43(45-27-26-44-25-19-36(46)48-8)24-23-41(6)33(37(31)43)14-15-35-40(5)20-17-32(29-10-12-30(13-11-29)38(47)49-9)39(3,4)34(40)18-21-42(35,41)7/h10-13,17,31,33-35,37,44-45H,1,14-16,18-27H2,2-9H3/t31-,33+,34-,35+,37+,40-,41+,42+,43-/m0/s1. The van der Waals surface area contributed by atoms with E-state index in [1.807, 2.05) is 12.1 Å². The number of carbonyl (C=O) groups is 2. The summed E-state index contributed by atoms with van der Waals surface area (Å²) in [5.74, 6) is 2.79. The molecule has 0 radical (unpaired) electrons. The number of carbonyl (C=O) groups excluding carboxylic acids is 2. The second kappa shape index (κ2) is 13.3. The van der Waals surface area contributed by atoms with Crippen LogP contribution < -0.4 is 10.6 Å². The fraction of sp³-hybridized carbons (Fsp3) is 0.721. The van der Waals surface area contributed by atoms with E-state index >= 15 is 0 Å². The van der Waals surface area contributed by atoms with Gasteiger partial charge in [-0.3, -0.25) is 4.79 Å². The summed E-state index contributed by atoms with van der Waals surface area (Å²) in [5, 5.41) is 7.63. The fourth-order valence-electron chi connectivity index (χ4n) is 13.3. The van der Waals surface area contributed by atoms with Gasteiger partial charge in [0, 0.05) is 25.2 Å². The van der Waals surface area contributed by atoms with Gasteiger partial charge in [-0.2, -0.15) is 0 Å². The molecule has 9 atom stereocenters. The Morgan fingerprint density at radius 3 is 2.24 bits per heavy atom. The van der Waals surface area contributed by atoms with Crippen molar-refractivity contribution in [1.82, 2.24) is 10.6 Å². The van der Waals surface area contributed by atoms with Crippen LogP contribution in [-0.2, 0) is 14.3 Å². The normalized spacial score (nSPS) is 39.0. The lowest BCUT2D eigenvalue weighted by molar-refractivity contribution is -0.219. The highest BCUT2D eigenvalue weighted by atomic mass is 16.5. The fourth-order valence-corrected chi connectivity index (χ4v) is 13.3. The third kappa shape index (κ3) is 5.76. The van der Waals surface area contributed by atoms with E-state index < -0.39 is 0 Å². The van der Waals surface area contributed by atoms with Crippen molar-refractivity contribution in [1.29, 1.82) is 0 Å². The molecule has 0 aliphatic heterocycles. The van der Waals surface area contributed by atoms with Gasteiger partial charge in [0.05, 0.1) is 26.2 Å². The maximum Gasteiger partial charge on any atom is 0.337 e. The highest BCUT2D eigenvalue weighted by molar-refractivity contribution is 5.90. The summed E-state index contributed by atoms with van der Waals surface area (Å²) in [4.78, 5) is 23.7. The number of ether oxygens (including phenoxy) is 2. The number of hydrogen-bond acceptors (Lipinski definition) is 6. The van der Waals surface area contributed by atoms with Gasteiger partial charge in [-0.25, -0.2) is 4.79 Å². The minimum atomic E-state index is -0.279. The summed E-state index contributed by atoms with van der Waals surface area (Å²) < 4.78 is 9.77. The summed E-state index contributed by atoms with van der Waals surface area (Å²) in [6, 6.07) is 8.10. The molecule has 6 nitrogen and oxygen atoms in total. The first-order valence-corrected chi connectivity index (χ1v) is 19.3. The molecule has 4 saturated carbocycles. The molecule has 0 aromatic heterocycles. The maximum absolute atomic E-state index is 12.1. The van der Waals surface area contributed by atoms with Crippen LogP contribution in [-0.4, -0.2) is 51.3 Å². The molecule has 0 heterocycles. The molecule has 2 N–H and O–H groups in total. The van der Waals surface area contributed by atoms with Crippen LogP contribution in [0.25, 0.3) is 5.57 Å². The maximum atomic E-state index is 12.1. The molecular weight excluding hydrogens is 608 g/mol. The molecule has 5 aliphatic carbocycles. The Kier molecular flexibility index (Phi) is 9.85. The zero-order valence-corrected chi connectivity index (χ0v) is 31.8. The monoisotopic (exact) mass is 672 g/mol. The smallest absolute Gasteiger partial charge is 0.337 e. The summed E-state index contributed by atoms with van der Waals surface area (Å²) in [6.07, 6.45) is 14.4. The Morgan fingerprint density at radius 2 is 1.57 bits per heavy atom. The van der Waals surface area contributed by atoms with Crippen LogP contribution in [0, 0.1) is 51.2 Å². The zero-order valence-electron chi connectivity index (χ0n) is 31.8. The van der Waals surface area contributed by atoms with E-state index in [0.717, 1.165) is 19.5 Å². The van der Waals surface area contributed by atoms with Crippen LogP contribution in [0.2, 0.25) is 0 Å². The predicted molar refractivity (Wildman–Crippen MR) is 198 cm³/mol. The molecular formula is C43H64N2O4. The van der Waals surface area contributed by atoms with E-state index in [9.17, 15) is 9.59 Å². The topological polar surface area (TPSA) is 76.7 Å². The molecule has 6 rings (SSSR count). The van der Waals surface area contributed by atoms with Crippen LogP contribution in [0.4, 0.5) is 0 Å². The number of benzene rings is 1. The largest absolute Gasteiger partial charge is 0.469 e. The number of allylic oxidation sites excluding steroid dienone is 3. The summed E-state index contributed by atoms with van der Waals surface area (Å²) in [6.45, 7) is 22.4. The van der Waals surface area contributed by atoms with Crippen LogP contribution >= 0.6 is 0 Å². The van der Waals surface area contributed by atoms with Crippen LogP contribution in [0.5, 0.6) is 0 Å². The molecule has 0 unspecified atom stereocenters. The predicted octanol–water partition coefficient (Wildman–Crippen LogP) is 8.62. The molecule has 0 saturated heterocycles. The average Bonchev–Trinajstić information content (AvgIpc) is 3.46. The molecule has 4 fully saturated rings. The first-order chi connectivity index (χ1) is 23.2. The van der Waals surface area contributed by atoms with Gasteiger partial charge in [0.2, 0.25) is 0 Å². The number of nitrogens with one attached hydrogen (secondary N) is 2. The van der Waals surface area contributed by atoms with Crippen molar-refractivity contribution in [2.24, 2.45) is 51.2 Å². The van der Waals surface area contributed by atoms with E-state index in [-0.39, 0.29) is 28.3 Å². The molecule has 0 amide bonds. The quantitative estimate of drug-likeness (QED) is 0.147. The number of methoxy groups -OCH3 is 2. The summed E-state index contributed by atoms with van der Waals surface area (Å²) >= 11 is 0. The average molecular weight is 673 g/mol. The molecule has 0 spiro atoms. The highest BCUT2D eigenvalue weighted by Crippen LogP contribution is 2.76. The lowest BCUT2D eigenvalue weighted by Crippen LogP contribution is -2.68. The van der Waals surface area contributed by atoms with Crippen molar-refractivity contribution < 1.29 is 19.1 Å². The van der Waals surface area contributed by atoms with Gasteiger partial charge in [-0.1, -0.05) is 65.0 Å². The van der Waals surface area contributed by atoms with Crippen molar-refractivity contribution in [2.45, 2.75) is 111 Å². The van der Waals surface area contributed by atoms with E-state index in [1.54, 1.807) is 0 Å². The summed E-state index contributed by atoms with van der Waals surface area (Å²) in [5.41, 5.74) is 5.75. The minimum Gasteiger partial charge on any atom is -0.469 e. The second-order valence-corrected chi connectivity index (χ2v) is 18.0. The lowest BCUT2D eigenvalue weighted by Gasteiger charge is -2.72. The zero-order chi connectivity index (χ0) is 35.4. The first-order valence-electron chi connectivity index (χ1n) is 19.3. The Labute approximate surface area is 296 Å². The number of esters is 2. The molecule has 6 heteroatoms. The van der Waals surface area contributed by atoms with E-state index in [4.69, 9.17) is 9.47 Å². The van der Waals surface area contributed by atoms with Crippen LogP contribution in [0.15, 0.2) is 42.5 Å². The first kappa shape index (κ1) is 36.4. The summed E-state index contributed by atoms with van der Waals surface area (Å²) in [7, 11) is 2.90. The molecule has 49 heavy (non-hydrogen) atoms. The van der Waals surface area contributed by atoms with E-state index in [0.29, 0.717) is 58.9 Å². The molecule has 5 aliphatic rings. The van der Waals surface area contributed by atoms with Gasteiger partial charge >= 0.3 is 11.9 Å². The Bertz CT molecular complexity index is 1460. The highest BCUT2D eigenvalue weighted by Gasteiger charge is 2.70. The second-order valence-electron chi connectivity index (χ2n) is 18.0. The van der Waals surface area contributed by atoms with Crippen molar-refractivity contribution >= 4 is 17.5 Å². The SMILES string of the molecule is C=C(C)[C@@H]1CC[C@]2(NCCNCCC(=O)OC)CC[C@]3(C)[C@H](CC[C@@H]4[C@@]5(C)CC=C(c6ccc(C(=O)OC)cc6)C(C)(C)[C@@H]5CC[C@]43C)[C@@H]12. The lowest BCUT2D eigenvalue weighted by atomic mass is 9.33.